The molecule has 3 aromatic rings. The topological polar surface area (TPSA) is 96.0 Å². The zero-order valence-electron chi connectivity index (χ0n) is 24.5. The fourth-order valence-corrected chi connectivity index (χ4v) is 6.78. The molecule has 1 unspecified atom stereocenters. The zero-order valence-corrected chi connectivity index (χ0v) is 26.0. The number of hydrogen-bond acceptors (Lipinski definition) is 5. The first-order valence-corrected chi connectivity index (χ1v) is 15.9. The highest BCUT2D eigenvalue weighted by atomic mass is 35.5. The van der Waals surface area contributed by atoms with Gasteiger partial charge in [0.1, 0.15) is 18.3 Å². The summed E-state index contributed by atoms with van der Waals surface area (Å²) < 4.78 is 34.8. The molecule has 224 valence electrons. The highest BCUT2D eigenvalue weighted by molar-refractivity contribution is 7.92. The van der Waals surface area contributed by atoms with Crippen molar-refractivity contribution >= 4 is 39.1 Å². The third-order valence-corrected chi connectivity index (χ3v) is 9.61. The molecule has 0 aromatic heterocycles. The molecule has 3 aromatic carbocycles. The first kappa shape index (κ1) is 31.4. The third kappa shape index (κ3) is 7.44. The Hall–Kier alpha value is -3.56. The fraction of sp³-hybridized carbons (Fsp3) is 0.375. The van der Waals surface area contributed by atoms with Crippen LogP contribution >= 0.6 is 11.6 Å². The number of amides is 2. The van der Waals surface area contributed by atoms with Crippen LogP contribution in [-0.2, 0) is 26.2 Å². The summed E-state index contributed by atoms with van der Waals surface area (Å²) in [5, 5.41) is 3.57. The van der Waals surface area contributed by atoms with Gasteiger partial charge in [0.15, 0.2) is 0 Å². The van der Waals surface area contributed by atoms with E-state index in [1.54, 1.807) is 49.4 Å². The summed E-state index contributed by atoms with van der Waals surface area (Å²) in [7, 11) is -2.76. The summed E-state index contributed by atoms with van der Waals surface area (Å²) in [5.41, 5.74) is 2.65. The van der Waals surface area contributed by atoms with E-state index in [9.17, 15) is 18.0 Å². The van der Waals surface area contributed by atoms with Crippen LogP contribution in [0.15, 0.2) is 71.6 Å². The minimum absolute atomic E-state index is 0.0397. The Bertz CT molecular complexity index is 1520. The second kappa shape index (κ2) is 13.6. The lowest BCUT2D eigenvalue weighted by Crippen LogP contribution is -2.52. The molecule has 0 saturated heterocycles. The minimum atomic E-state index is -4.21. The van der Waals surface area contributed by atoms with Crippen molar-refractivity contribution in [1.82, 2.24) is 10.2 Å². The molecule has 0 bridgehead atoms. The molecule has 1 fully saturated rings. The van der Waals surface area contributed by atoms with Gasteiger partial charge in [0.05, 0.1) is 17.7 Å². The number of carbonyl (C=O) groups excluding carboxylic acids is 2. The van der Waals surface area contributed by atoms with Gasteiger partial charge in [0, 0.05) is 17.6 Å². The Morgan fingerprint density at radius 3 is 2.31 bits per heavy atom. The quantitative estimate of drug-likeness (QED) is 0.303. The van der Waals surface area contributed by atoms with Crippen LogP contribution in [0.3, 0.4) is 0 Å². The maximum absolute atomic E-state index is 14.2. The highest BCUT2D eigenvalue weighted by Crippen LogP contribution is 2.34. The van der Waals surface area contributed by atoms with Gasteiger partial charge in [0.2, 0.25) is 11.8 Å². The van der Waals surface area contributed by atoms with Crippen molar-refractivity contribution < 1.29 is 22.7 Å². The van der Waals surface area contributed by atoms with Crippen LogP contribution in [0.5, 0.6) is 5.75 Å². The van der Waals surface area contributed by atoms with E-state index in [1.165, 1.54) is 24.1 Å². The lowest BCUT2D eigenvalue weighted by molar-refractivity contribution is -0.139. The van der Waals surface area contributed by atoms with Crippen molar-refractivity contribution in [2.75, 3.05) is 18.0 Å². The first-order chi connectivity index (χ1) is 20.0. The molecule has 1 aliphatic carbocycles. The van der Waals surface area contributed by atoms with Crippen molar-refractivity contribution in [2.45, 2.75) is 70.0 Å². The van der Waals surface area contributed by atoms with Crippen LogP contribution < -0.4 is 14.4 Å². The van der Waals surface area contributed by atoms with Crippen molar-refractivity contribution in [3.63, 3.8) is 0 Å². The summed E-state index contributed by atoms with van der Waals surface area (Å²) in [6.45, 7) is 4.90. The van der Waals surface area contributed by atoms with Gasteiger partial charge in [-0.2, -0.15) is 0 Å². The molecule has 2 amide bonds. The Balaban J connectivity index is 1.74. The summed E-state index contributed by atoms with van der Waals surface area (Å²) in [4.78, 5) is 29.0. The molecule has 1 N–H and O–H groups in total. The Morgan fingerprint density at radius 2 is 1.67 bits per heavy atom. The van der Waals surface area contributed by atoms with E-state index in [1.807, 2.05) is 26.0 Å². The molecule has 8 nitrogen and oxygen atoms in total. The predicted octanol–water partition coefficient (Wildman–Crippen LogP) is 5.64. The SMILES string of the molecule is COc1ccc(C)cc1N(CC(=O)N(Cc1cccc(Cl)c1)C(C)C(=O)NC1CCCC1)S(=O)(=O)c1ccc(C)cc1. The van der Waals surface area contributed by atoms with Crippen LogP contribution in [0, 0.1) is 13.8 Å². The number of nitrogens with one attached hydrogen (secondary N) is 1. The van der Waals surface area contributed by atoms with Crippen molar-refractivity contribution in [2.24, 2.45) is 0 Å². The van der Waals surface area contributed by atoms with Gasteiger partial charge in [-0.1, -0.05) is 60.3 Å². The maximum atomic E-state index is 14.2. The molecule has 0 aliphatic heterocycles. The van der Waals surface area contributed by atoms with Gasteiger partial charge >= 0.3 is 0 Å². The number of hydrogen-bond donors (Lipinski definition) is 1. The van der Waals surface area contributed by atoms with Gasteiger partial charge in [-0.05, 0) is 81.1 Å². The molecule has 0 radical (unpaired) electrons. The number of anilines is 1. The zero-order chi connectivity index (χ0) is 30.4. The van der Waals surface area contributed by atoms with Crippen LogP contribution in [0.1, 0.15) is 49.3 Å². The lowest BCUT2D eigenvalue weighted by atomic mass is 10.1. The molecular formula is C32H38ClN3O5S. The van der Waals surface area contributed by atoms with Crippen molar-refractivity contribution in [3.8, 4) is 5.75 Å². The second-order valence-corrected chi connectivity index (χ2v) is 13.1. The van der Waals surface area contributed by atoms with E-state index in [0.717, 1.165) is 46.7 Å². The number of methoxy groups -OCH3 is 1. The smallest absolute Gasteiger partial charge is 0.264 e. The molecule has 4 rings (SSSR count). The standard InChI is InChI=1S/C32H38ClN3O5S/c1-22-12-15-28(16-13-22)42(39,40)36(29-18-23(2)14-17-30(29)41-4)21-31(37)35(20-25-8-7-9-26(33)19-25)24(3)32(38)34-27-10-5-6-11-27/h7-9,12-19,24,27H,5-6,10-11,20-21H2,1-4H3,(H,34,38). The minimum Gasteiger partial charge on any atom is -0.495 e. The van der Waals surface area contributed by atoms with Crippen LogP contribution in [0.4, 0.5) is 5.69 Å². The summed E-state index contributed by atoms with van der Waals surface area (Å²) in [6, 6.07) is 17.9. The molecule has 0 spiro atoms. The highest BCUT2D eigenvalue weighted by Gasteiger charge is 2.34. The van der Waals surface area contributed by atoms with E-state index in [2.05, 4.69) is 5.32 Å². The number of ether oxygens (including phenoxy) is 1. The first-order valence-electron chi connectivity index (χ1n) is 14.1. The average molecular weight is 612 g/mol. The van der Waals surface area contributed by atoms with E-state index in [-0.39, 0.29) is 29.1 Å². The Morgan fingerprint density at radius 1 is 1.00 bits per heavy atom. The van der Waals surface area contributed by atoms with E-state index >= 15 is 0 Å². The monoisotopic (exact) mass is 611 g/mol. The van der Waals surface area contributed by atoms with E-state index in [0.29, 0.717) is 10.8 Å². The Labute approximate surface area is 253 Å². The maximum Gasteiger partial charge on any atom is 0.264 e. The number of aryl methyl sites for hydroxylation is 2. The number of rotatable bonds is 11. The fourth-order valence-electron chi connectivity index (χ4n) is 5.15. The van der Waals surface area contributed by atoms with E-state index in [4.69, 9.17) is 16.3 Å². The van der Waals surface area contributed by atoms with Crippen molar-refractivity contribution in [1.29, 1.82) is 0 Å². The number of carbonyl (C=O) groups is 2. The number of halogens is 1. The molecule has 1 atom stereocenters. The van der Waals surface area contributed by atoms with Gasteiger partial charge < -0.3 is 15.0 Å². The summed E-state index contributed by atoms with van der Waals surface area (Å²) in [5.74, 6) is -0.515. The normalized spacial score (nSPS) is 14.3. The van der Waals surface area contributed by atoms with Crippen molar-refractivity contribution in [3.05, 3.63) is 88.4 Å². The Kier molecular flexibility index (Phi) is 10.2. The average Bonchev–Trinajstić information content (AvgIpc) is 3.47. The number of nitrogens with zero attached hydrogens (tertiary/aromatic N) is 2. The number of benzene rings is 3. The molecule has 10 heteroatoms. The lowest BCUT2D eigenvalue weighted by Gasteiger charge is -2.33. The van der Waals surface area contributed by atoms with E-state index < -0.39 is 28.5 Å². The third-order valence-electron chi connectivity index (χ3n) is 7.60. The van der Waals surface area contributed by atoms with Gasteiger partial charge in [0.25, 0.3) is 10.0 Å². The van der Waals surface area contributed by atoms with Gasteiger partial charge in [-0.15, -0.1) is 0 Å². The second-order valence-electron chi connectivity index (χ2n) is 10.8. The molecule has 0 heterocycles. The molecule has 42 heavy (non-hydrogen) atoms. The van der Waals surface area contributed by atoms with Crippen LogP contribution in [-0.4, -0.2) is 50.9 Å². The van der Waals surface area contributed by atoms with Gasteiger partial charge in [-0.25, -0.2) is 8.42 Å². The van der Waals surface area contributed by atoms with Crippen LogP contribution in [0.2, 0.25) is 5.02 Å². The molecular weight excluding hydrogens is 574 g/mol. The largest absolute Gasteiger partial charge is 0.495 e. The predicted molar refractivity (Wildman–Crippen MR) is 165 cm³/mol. The molecule has 1 saturated carbocycles. The molecule has 1 aliphatic rings. The summed E-state index contributed by atoms with van der Waals surface area (Å²) in [6.07, 6.45) is 3.90. The summed E-state index contributed by atoms with van der Waals surface area (Å²) >= 11 is 6.23. The number of sulfonamides is 1. The van der Waals surface area contributed by atoms with Gasteiger partial charge in [-0.3, -0.25) is 13.9 Å². The van der Waals surface area contributed by atoms with Crippen LogP contribution in [0.25, 0.3) is 0 Å².